The molecule has 0 bridgehead atoms. The molecule has 27 heavy (non-hydrogen) atoms. The van der Waals surface area contributed by atoms with E-state index >= 15 is 0 Å². The van der Waals surface area contributed by atoms with Gasteiger partial charge in [-0.1, -0.05) is 66.2 Å². The summed E-state index contributed by atoms with van der Waals surface area (Å²) in [5.74, 6) is 0.410. The van der Waals surface area contributed by atoms with E-state index in [0.29, 0.717) is 12.5 Å². The van der Waals surface area contributed by atoms with E-state index in [0.717, 1.165) is 16.9 Å². The summed E-state index contributed by atoms with van der Waals surface area (Å²) in [5, 5.41) is 3.39. The van der Waals surface area contributed by atoms with E-state index in [-0.39, 0.29) is 5.82 Å². The molecular weight excluding hydrogens is 337 g/mol. The Labute approximate surface area is 158 Å². The monoisotopic (exact) mass is 357 g/mol. The van der Waals surface area contributed by atoms with Gasteiger partial charge in [0.25, 0.3) is 0 Å². The Hall–Kier alpha value is -3.40. The zero-order chi connectivity index (χ0) is 18.6. The highest BCUT2D eigenvalue weighted by atomic mass is 19.1. The highest BCUT2D eigenvalue weighted by molar-refractivity contribution is 5.62. The van der Waals surface area contributed by atoms with Crippen molar-refractivity contribution < 1.29 is 4.39 Å². The minimum Gasteiger partial charge on any atom is -0.351 e. The molecule has 0 amide bonds. The lowest BCUT2D eigenvalue weighted by Gasteiger charge is -2.10. The fourth-order valence-electron chi connectivity index (χ4n) is 3.08. The second-order valence-electron chi connectivity index (χ2n) is 6.51. The molecule has 4 aromatic rings. The Morgan fingerprint density at radius 2 is 1.74 bits per heavy atom. The molecule has 134 valence electrons. The summed E-state index contributed by atoms with van der Waals surface area (Å²) in [5.41, 5.74) is 4.98. The van der Waals surface area contributed by atoms with Crippen LogP contribution in [-0.4, -0.2) is 9.55 Å². The lowest BCUT2D eigenvalue weighted by Crippen LogP contribution is -2.06. The van der Waals surface area contributed by atoms with Crippen molar-refractivity contribution in [3.05, 3.63) is 102 Å². The lowest BCUT2D eigenvalue weighted by atomic mass is 10.1. The number of halogens is 1. The van der Waals surface area contributed by atoms with Gasteiger partial charge in [-0.2, -0.15) is 0 Å². The van der Waals surface area contributed by atoms with Gasteiger partial charge in [-0.05, 0) is 30.7 Å². The summed E-state index contributed by atoms with van der Waals surface area (Å²) in [6.07, 6.45) is 1.93. The molecule has 4 heteroatoms. The van der Waals surface area contributed by atoms with Gasteiger partial charge in [0.05, 0.1) is 11.4 Å². The zero-order valence-electron chi connectivity index (χ0n) is 15.1. The van der Waals surface area contributed by atoms with Crippen molar-refractivity contribution >= 4 is 5.95 Å². The maximum atomic E-state index is 13.8. The Morgan fingerprint density at radius 3 is 2.52 bits per heavy atom. The summed E-state index contributed by atoms with van der Waals surface area (Å²) >= 11 is 0. The van der Waals surface area contributed by atoms with E-state index in [9.17, 15) is 4.39 Å². The van der Waals surface area contributed by atoms with E-state index in [2.05, 4.69) is 30.4 Å². The van der Waals surface area contributed by atoms with Crippen LogP contribution in [0.15, 0.2) is 85.1 Å². The summed E-state index contributed by atoms with van der Waals surface area (Å²) < 4.78 is 15.6. The van der Waals surface area contributed by atoms with Gasteiger partial charge in [-0.3, -0.25) is 4.57 Å². The molecule has 3 nitrogen and oxygen atoms in total. The van der Waals surface area contributed by atoms with Gasteiger partial charge in [0, 0.05) is 18.3 Å². The molecule has 1 heterocycles. The molecular formula is C23H20FN3. The maximum Gasteiger partial charge on any atom is 0.208 e. The van der Waals surface area contributed by atoms with Crippen molar-refractivity contribution in [3.8, 4) is 16.9 Å². The molecule has 4 rings (SSSR count). The largest absolute Gasteiger partial charge is 0.351 e. The predicted molar refractivity (Wildman–Crippen MR) is 107 cm³/mol. The Bertz CT molecular complexity index is 1050. The second kappa shape index (κ2) is 7.46. The van der Waals surface area contributed by atoms with Crippen molar-refractivity contribution in [1.29, 1.82) is 0 Å². The molecule has 0 spiro atoms. The van der Waals surface area contributed by atoms with Crippen molar-refractivity contribution in [1.82, 2.24) is 9.55 Å². The minimum absolute atomic E-state index is 0.271. The van der Waals surface area contributed by atoms with Gasteiger partial charge in [0.15, 0.2) is 0 Å². The minimum atomic E-state index is -0.271. The fraction of sp³-hybridized carbons (Fsp3) is 0.0870. The Morgan fingerprint density at radius 1 is 0.926 bits per heavy atom. The third-order valence-corrected chi connectivity index (χ3v) is 4.39. The molecule has 0 saturated carbocycles. The van der Waals surface area contributed by atoms with Gasteiger partial charge in [-0.15, -0.1) is 0 Å². The maximum absolute atomic E-state index is 13.8. The number of nitrogens with one attached hydrogen (secondary N) is 1. The molecule has 0 saturated heterocycles. The van der Waals surface area contributed by atoms with Crippen molar-refractivity contribution in [2.75, 3.05) is 5.32 Å². The van der Waals surface area contributed by atoms with E-state index in [4.69, 9.17) is 4.98 Å². The van der Waals surface area contributed by atoms with Crippen LogP contribution in [0, 0.1) is 12.7 Å². The first kappa shape index (κ1) is 17.0. The summed E-state index contributed by atoms with van der Waals surface area (Å²) in [7, 11) is 0. The summed E-state index contributed by atoms with van der Waals surface area (Å²) in [6.45, 7) is 2.72. The zero-order valence-corrected chi connectivity index (χ0v) is 15.1. The lowest BCUT2D eigenvalue weighted by molar-refractivity contribution is 0.626. The first-order chi connectivity index (χ1) is 13.2. The van der Waals surface area contributed by atoms with Gasteiger partial charge in [0.1, 0.15) is 5.82 Å². The molecule has 1 N–H and O–H groups in total. The van der Waals surface area contributed by atoms with Crippen LogP contribution < -0.4 is 5.32 Å². The quantitative estimate of drug-likeness (QED) is 0.504. The van der Waals surface area contributed by atoms with Crippen LogP contribution in [0.3, 0.4) is 0 Å². The molecule has 1 aromatic heterocycles. The van der Waals surface area contributed by atoms with Crippen molar-refractivity contribution in [2.45, 2.75) is 13.5 Å². The van der Waals surface area contributed by atoms with Crippen LogP contribution in [0.2, 0.25) is 0 Å². The van der Waals surface area contributed by atoms with Crippen LogP contribution in [0.25, 0.3) is 16.9 Å². The Kier molecular flexibility index (Phi) is 4.71. The average Bonchev–Trinajstić information content (AvgIpc) is 3.11. The standard InChI is InChI=1S/C23H20FN3/c1-17-7-5-8-18(13-17)15-25-23-26-22(19-9-3-2-4-10-19)16-27(23)21-12-6-11-20(24)14-21/h2-14,16H,15H2,1H3,(H,25,26). The molecule has 0 radical (unpaired) electrons. The molecule has 0 fully saturated rings. The highest BCUT2D eigenvalue weighted by Gasteiger charge is 2.11. The number of nitrogens with zero attached hydrogens (tertiary/aromatic N) is 2. The second-order valence-corrected chi connectivity index (χ2v) is 6.51. The number of imidazole rings is 1. The number of rotatable bonds is 5. The average molecular weight is 357 g/mol. The van der Waals surface area contributed by atoms with E-state index in [1.807, 2.05) is 53.2 Å². The SMILES string of the molecule is Cc1cccc(CNc2nc(-c3ccccc3)cn2-c2cccc(F)c2)c1. The first-order valence-electron chi connectivity index (χ1n) is 8.89. The van der Waals surface area contributed by atoms with Crippen LogP contribution in [-0.2, 0) is 6.54 Å². The third-order valence-electron chi connectivity index (χ3n) is 4.39. The van der Waals surface area contributed by atoms with Gasteiger partial charge in [-0.25, -0.2) is 9.37 Å². The topological polar surface area (TPSA) is 29.9 Å². The molecule has 0 aliphatic rings. The van der Waals surface area contributed by atoms with Crippen molar-refractivity contribution in [2.24, 2.45) is 0 Å². The predicted octanol–water partition coefficient (Wildman–Crippen LogP) is 5.60. The van der Waals surface area contributed by atoms with Crippen molar-refractivity contribution in [3.63, 3.8) is 0 Å². The number of hydrogen-bond acceptors (Lipinski definition) is 2. The van der Waals surface area contributed by atoms with Crippen LogP contribution in [0.4, 0.5) is 10.3 Å². The molecule has 3 aromatic carbocycles. The van der Waals surface area contributed by atoms with E-state index in [1.54, 1.807) is 6.07 Å². The number of aryl methyl sites for hydroxylation is 1. The Balaban J connectivity index is 1.71. The normalized spacial score (nSPS) is 10.7. The number of anilines is 1. The van der Waals surface area contributed by atoms with Gasteiger partial charge >= 0.3 is 0 Å². The summed E-state index contributed by atoms with van der Waals surface area (Å²) in [6, 6.07) is 24.8. The highest BCUT2D eigenvalue weighted by Crippen LogP contribution is 2.25. The van der Waals surface area contributed by atoms with Gasteiger partial charge in [0.2, 0.25) is 5.95 Å². The third kappa shape index (κ3) is 3.90. The molecule has 0 aliphatic heterocycles. The van der Waals surface area contributed by atoms with Crippen LogP contribution >= 0.6 is 0 Å². The number of benzene rings is 3. The van der Waals surface area contributed by atoms with Gasteiger partial charge < -0.3 is 5.32 Å². The molecule has 0 atom stereocenters. The number of hydrogen-bond donors (Lipinski definition) is 1. The van der Waals surface area contributed by atoms with Crippen LogP contribution in [0.5, 0.6) is 0 Å². The fourth-order valence-corrected chi connectivity index (χ4v) is 3.08. The van der Waals surface area contributed by atoms with Crippen LogP contribution in [0.1, 0.15) is 11.1 Å². The number of aromatic nitrogens is 2. The summed E-state index contributed by atoms with van der Waals surface area (Å²) in [4.78, 5) is 4.75. The molecule has 0 unspecified atom stereocenters. The smallest absolute Gasteiger partial charge is 0.208 e. The molecule has 0 aliphatic carbocycles. The van der Waals surface area contributed by atoms with E-state index < -0.39 is 0 Å². The first-order valence-corrected chi connectivity index (χ1v) is 8.89. The van der Waals surface area contributed by atoms with E-state index in [1.165, 1.54) is 23.3 Å².